The molecule has 0 radical (unpaired) electrons. The van der Waals surface area contributed by atoms with Gasteiger partial charge < -0.3 is 25.6 Å². The maximum absolute atomic E-state index is 13.2. The van der Waals surface area contributed by atoms with Crippen LogP contribution in [-0.2, 0) is 4.74 Å². The number of anilines is 1. The predicted molar refractivity (Wildman–Crippen MR) is 122 cm³/mol. The Bertz CT molecular complexity index is 1140. The first-order valence-electron chi connectivity index (χ1n) is 9.75. The second-order valence-electron chi connectivity index (χ2n) is 6.84. The molecule has 32 heavy (non-hydrogen) atoms. The maximum atomic E-state index is 13.2. The highest BCUT2D eigenvalue weighted by Crippen LogP contribution is 2.31. The molecule has 0 aliphatic heterocycles. The first kappa shape index (κ1) is 22.5. The van der Waals surface area contributed by atoms with Crippen LogP contribution in [0.25, 0.3) is 11.1 Å². The highest BCUT2D eigenvalue weighted by atomic mass is 16.5. The van der Waals surface area contributed by atoms with Crippen molar-refractivity contribution in [1.29, 1.82) is 5.41 Å². The number of carboxylic acid groups (broad SMARTS) is 1. The Morgan fingerprint density at radius 3 is 2.31 bits per heavy atom. The van der Waals surface area contributed by atoms with E-state index >= 15 is 0 Å². The van der Waals surface area contributed by atoms with Crippen LogP contribution in [0.5, 0.6) is 5.75 Å². The summed E-state index contributed by atoms with van der Waals surface area (Å²) in [5.41, 5.74) is 7.72. The smallest absolute Gasteiger partial charge is 0.336 e. The number of carboxylic acids is 1. The third-order valence-corrected chi connectivity index (χ3v) is 4.69. The average Bonchev–Trinajstić information content (AvgIpc) is 2.79. The molecule has 0 heterocycles. The minimum atomic E-state index is -1.09. The first-order chi connectivity index (χ1) is 15.4. The lowest BCUT2D eigenvalue weighted by Gasteiger charge is -2.15. The molecule has 3 aromatic rings. The monoisotopic (exact) mass is 433 g/mol. The van der Waals surface area contributed by atoms with E-state index in [0.717, 1.165) is 0 Å². The van der Waals surface area contributed by atoms with Crippen molar-refractivity contribution in [3.63, 3.8) is 0 Å². The van der Waals surface area contributed by atoms with Crippen LogP contribution in [0.2, 0.25) is 0 Å². The van der Waals surface area contributed by atoms with E-state index in [1.807, 2.05) is 0 Å². The summed E-state index contributed by atoms with van der Waals surface area (Å²) in [6.45, 7) is 0.683. The Morgan fingerprint density at radius 1 is 0.969 bits per heavy atom. The number of carbonyl (C=O) groups is 2. The Morgan fingerprint density at radius 2 is 1.66 bits per heavy atom. The van der Waals surface area contributed by atoms with Crippen molar-refractivity contribution in [1.82, 2.24) is 0 Å². The number of methoxy groups -OCH3 is 1. The van der Waals surface area contributed by atoms with E-state index in [1.165, 1.54) is 6.07 Å². The summed E-state index contributed by atoms with van der Waals surface area (Å²) in [4.78, 5) is 24.9. The summed E-state index contributed by atoms with van der Waals surface area (Å²) in [5.74, 6) is -1.15. The number of hydrogen-bond acceptors (Lipinski definition) is 5. The lowest BCUT2D eigenvalue weighted by Crippen LogP contribution is -2.15. The largest absolute Gasteiger partial charge is 0.491 e. The van der Waals surface area contributed by atoms with Gasteiger partial charge in [-0.3, -0.25) is 10.2 Å². The number of hydrogen-bond donors (Lipinski definition) is 4. The minimum Gasteiger partial charge on any atom is -0.491 e. The van der Waals surface area contributed by atoms with Crippen molar-refractivity contribution < 1.29 is 24.2 Å². The van der Waals surface area contributed by atoms with Crippen LogP contribution in [0, 0.1) is 5.41 Å². The van der Waals surface area contributed by atoms with Gasteiger partial charge in [-0.15, -0.1) is 0 Å². The van der Waals surface area contributed by atoms with Gasteiger partial charge in [0.15, 0.2) is 0 Å². The van der Waals surface area contributed by atoms with Gasteiger partial charge in [-0.2, -0.15) is 0 Å². The average molecular weight is 433 g/mol. The Hall–Kier alpha value is -4.17. The van der Waals surface area contributed by atoms with Gasteiger partial charge in [0.05, 0.1) is 17.7 Å². The number of ether oxygens (including phenoxy) is 2. The molecular formula is C24H23N3O5. The Kier molecular flexibility index (Phi) is 7.20. The zero-order chi connectivity index (χ0) is 23.1. The molecule has 164 valence electrons. The Labute approximate surface area is 185 Å². The maximum Gasteiger partial charge on any atom is 0.336 e. The summed E-state index contributed by atoms with van der Waals surface area (Å²) >= 11 is 0. The lowest BCUT2D eigenvalue weighted by molar-refractivity contribution is 0.0697. The van der Waals surface area contributed by atoms with Crippen LogP contribution in [0.1, 0.15) is 26.3 Å². The van der Waals surface area contributed by atoms with Crippen LogP contribution in [0.4, 0.5) is 5.69 Å². The van der Waals surface area contributed by atoms with Gasteiger partial charge in [0.25, 0.3) is 5.91 Å². The summed E-state index contributed by atoms with van der Waals surface area (Å²) in [6.07, 6.45) is 0. The van der Waals surface area contributed by atoms with Gasteiger partial charge in [0.2, 0.25) is 0 Å². The van der Waals surface area contributed by atoms with Crippen LogP contribution in [-0.4, -0.2) is 43.1 Å². The van der Waals surface area contributed by atoms with E-state index < -0.39 is 11.9 Å². The molecule has 0 fully saturated rings. The Balaban J connectivity index is 2.00. The summed E-state index contributed by atoms with van der Waals surface area (Å²) < 4.78 is 10.6. The molecule has 0 saturated heterocycles. The molecule has 0 atom stereocenters. The molecule has 0 aromatic heterocycles. The third-order valence-electron chi connectivity index (χ3n) is 4.69. The van der Waals surface area contributed by atoms with Crippen molar-refractivity contribution in [3.05, 3.63) is 83.4 Å². The summed E-state index contributed by atoms with van der Waals surface area (Å²) in [5, 5.41) is 19.9. The van der Waals surface area contributed by atoms with Crippen molar-refractivity contribution >= 4 is 23.4 Å². The van der Waals surface area contributed by atoms with Crippen LogP contribution in [0.3, 0.4) is 0 Å². The minimum absolute atomic E-state index is 0.0728. The number of nitrogens with one attached hydrogen (secondary N) is 2. The molecule has 0 saturated carbocycles. The van der Waals surface area contributed by atoms with Crippen molar-refractivity contribution in [3.8, 4) is 16.9 Å². The number of amidine groups is 1. The van der Waals surface area contributed by atoms with Crippen LogP contribution in [0.15, 0.2) is 66.7 Å². The summed E-state index contributed by atoms with van der Waals surface area (Å²) in [7, 11) is 1.56. The fraction of sp³-hybridized carbons (Fsp3) is 0.125. The van der Waals surface area contributed by atoms with E-state index in [2.05, 4.69) is 5.32 Å². The fourth-order valence-electron chi connectivity index (χ4n) is 3.11. The first-order valence-corrected chi connectivity index (χ1v) is 9.75. The van der Waals surface area contributed by atoms with Gasteiger partial charge in [0.1, 0.15) is 18.2 Å². The fourth-order valence-corrected chi connectivity index (χ4v) is 3.11. The standard InChI is InChI=1S/C24H23N3O5/c1-31-12-13-32-17-10-11-19(18-4-2-3-5-20(18)24(29)30)21(14-17)23(28)27-16-8-6-15(7-9-16)22(25)26/h2-11,14H,12-13H2,1H3,(H3,25,26)(H,27,28)(H,29,30). The topological polar surface area (TPSA) is 135 Å². The second kappa shape index (κ2) is 10.2. The van der Waals surface area contributed by atoms with Gasteiger partial charge in [-0.05, 0) is 59.7 Å². The lowest BCUT2D eigenvalue weighted by atomic mass is 9.94. The normalized spacial score (nSPS) is 10.4. The molecule has 3 rings (SSSR count). The molecular weight excluding hydrogens is 410 g/mol. The van der Waals surface area contributed by atoms with E-state index in [-0.39, 0.29) is 17.0 Å². The predicted octanol–water partition coefficient (Wildman–Crippen LogP) is 3.61. The van der Waals surface area contributed by atoms with Gasteiger partial charge in [-0.25, -0.2) is 4.79 Å². The van der Waals surface area contributed by atoms with Gasteiger partial charge >= 0.3 is 5.97 Å². The van der Waals surface area contributed by atoms with E-state index in [9.17, 15) is 14.7 Å². The number of carbonyl (C=O) groups excluding carboxylic acids is 1. The third kappa shape index (κ3) is 5.30. The molecule has 0 bridgehead atoms. The number of nitrogens with two attached hydrogens (primary N) is 1. The number of rotatable bonds is 9. The van der Waals surface area contributed by atoms with Crippen molar-refractivity contribution in [2.24, 2.45) is 5.73 Å². The van der Waals surface area contributed by atoms with Gasteiger partial charge in [-0.1, -0.05) is 18.2 Å². The zero-order valence-electron chi connectivity index (χ0n) is 17.4. The van der Waals surface area contributed by atoms with E-state index in [4.69, 9.17) is 20.6 Å². The highest BCUT2D eigenvalue weighted by Gasteiger charge is 2.19. The SMILES string of the molecule is COCCOc1ccc(-c2ccccc2C(=O)O)c(C(=O)Nc2ccc(C(=N)N)cc2)c1. The van der Waals surface area contributed by atoms with Crippen molar-refractivity contribution in [2.75, 3.05) is 25.6 Å². The molecule has 8 nitrogen and oxygen atoms in total. The zero-order valence-corrected chi connectivity index (χ0v) is 17.4. The van der Waals surface area contributed by atoms with Gasteiger partial charge in [0, 0.05) is 18.4 Å². The molecule has 8 heteroatoms. The van der Waals surface area contributed by atoms with Crippen LogP contribution >= 0.6 is 0 Å². The van der Waals surface area contributed by atoms with E-state index in [1.54, 1.807) is 67.8 Å². The molecule has 1 amide bonds. The quantitative estimate of drug-likeness (QED) is 0.231. The highest BCUT2D eigenvalue weighted by molar-refractivity contribution is 6.10. The number of benzene rings is 3. The molecule has 3 aromatic carbocycles. The molecule has 0 aliphatic carbocycles. The number of nitrogen functional groups attached to an aromatic ring is 1. The number of aromatic carboxylic acids is 1. The second-order valence-corrected chi connectivity index (χ2v) is 6.84. The van der Waals surface area contributed by atoms with Crippen molar-refractivity contribution in [2.45, 2.75) is 0 Å². The molecule has 0 unspecified atom stereocenters. The van der Waals surface area contributed by atoms with Crippen LogP contribution < -0.4 is 15.8 Å². The molecule has 5 N–H and O–H groups in total. The molecule has 0 spiro atoms. The summed E-state index contributed by atoms with van der Waals surface area (Å²) in [6, 6.07) is 17.9. The van der Waals surface area contributed by atoms with E-state index in [0.29, 0.717) is 41.3 Å². The molecule has 0 aliphatic rings. The number of amides is 1.